The Balaban J connectivity index is 1.51. The first-order valence-electron chi connectivity index (χ1n) is 7.90. The van der Waals surface area contributed by atoms with E-state index in [1.54, 1.807) is 24.4 Å². The Morgan fingerprint density at radius 3 is 2.84 bits per heavy atom. The largest absolute Gasteiger partial charge is 0.350 e. The number of H-pyrrole nitrogens is 1. The maximum atomic E-state index is 12.3. The molecule has 0 spiro atoms. The van der Waals surface area contributed by atoms with Gasteiger partial charge in [-0.05, 0) is 31.2 Å². The number of para-hydroxylation sites is 2. The molecule has 25 heavy (non-hydrogen) atoms. The predicted molar refractivity (Wildman–Crippen MR) is 92.1 cm³/mol. The van der Waals surface area contributed by atoms with Crippen molar-refractivity contribution in [3.8, 4) is 0 Å². The second-order valence-corrected chi connectivity index (χ2v) is 5.80. The van der Waals surface area contributed by atoms with Crippen molar-refractivity contribution in [2.75, 3.05) is 0 Å². The Morgan fingerprint density at radius 2 is 2.04 bits per heavy atom. The minimum absolute atomic E-state index is 0.148. The number of aromatic nitrogens is 5. The van der Waals surface area contributed by atoms with Crippen molar-refractivity contribution in [3.05, 3.63) is 65.0 Å². The van der Waals surface area contributed by atoms with E-state index in [1.807, 2.05) is 31.2 Å². The van der Waals surface area contributed by atoms with Crippen LogP contribution in [0.3, 0.4) is 0 Å². The number of fused-ring (bicyclic) bond motifs is 2. The van der Waals surface area contributed by atoms with Crippen molar-refractivity contribution in [1.29, 1.82) is 0 Å². The van der Waals surface area contributed by atoms with E-state index in [0.717, 1.165) is 15.7 Å². The van der Waals surface area contributed by atoms with Crippen LogP contribution in [0.15, 0.2) is 53.5 Å². The molecule has 1 atom stereocenters. The van der Waals surface area contributed by atoms with Crippen LogP contribution in [0.25, 0.3) is 16.7 Å². The second-order valence-electron chi connectivity index (χ2n) is 5.80. The molecule has 0 fully saturated rings. The van der Waals surface area contributed by atoms with Gasteiger partial charge in [0.1, 0.15) is 12.4 Å². The summed E-state index contributed by atoms with van der Waals surface area (Å²) in [6, 6.07) is 12.6. The van der Waals surface area contributed by atoms with Gasteiger partial charge < -0.3 is 10.3 Å². The summed E-state index contributed by atoms with van der Waals surface area (Å²) in [5, 5.41) is 6.99. The van der Waals surface area contributed by atoms with Crippen LogP contribution >= 0.6 is 0 Å². The van der Waals surface area contributed by atoms with Crippen LogP contribution < -0.4 is 11.0 Å². The molecule has 0 aliphatic heterocycles. The lowest BCUT2D eigenvalue weighted by molar-refractivity contribution is -0.122. The Labute approximate surface area is 142 Å². The molecule has 0 radical (unpaired) electrons. The number of amides is 1. The SMILES string of the molecule is CC(NC(=O)Cn1nc2ccccn2c1=O)c1nc2ccccc2[nH]1. The maximum Gasteiger partial charge on any atom is 0.350 e. The summed E-state index contributed by atoms with van der Waals surface area (Å²) in [6.07, 6.45) is 1.62. The van der Waals surface area contributed by atoms with Gasteiger partial charge in [-0.1, -0.05) is 18.2 Å². The Hall–Kier alpha value is -3.42. The minimum atomic E-state index is -0.345. The highest BCUT2D eigenvalue weighted by molar-refractivity contribution is 5.77. The molecule has 0 saturated heterocycles. The van der Waals surface area contributed by atoms with Gasteiger partial charge in [-0.3, -0.25) is 9.20 Å². The van der Waals surface area contributed by atoms with Crippen molar-refractivity contribution in [2.24, 2.45) is 0 Å². The Bertz CT molecular complexity index is 1090. The molecule has 0 saturated carbocycles. The third kappa shape index (κ3) is 2.78. The number of carbonyl (C=O) groups is 1. The zero-order chi connectivity index (χ0) is 17.4. The molecular weight excluding hydrogens is 320 g/mol. The molecule has 1 amide bonds. The third-order valence-corrected chi connectivity index (χ3v) is 3.98. The number of aromatic amines is 1. The first kappa shape index (κ1) is 15.1. The summed E-state index contributed by atoms with van der Waals surface area (Å²) in [5.74, 6) is 0.357. The molecule has 126 valence electrons. The van der Waals surface area contributed by atoms with Gasteiger partial charge in [0.05, 0.1) is 17.1 Å². The van der Waals surface area contributed by atoms with E-state index in [9.17, 15) is 9.59 Å². The van der Waals surface area contributed by atoms with Gasteiger partial charge in [-0.25, -0.2) is 14.5 Å². The summed E-state index contributed by atoms with van der Waals surface area (Å²) >= 11 is 0. The smallest absolute Gasteiger partial charge is 0.345 e. The molecule has 3 aromatic heterocycles. The lowest BCUT2D eigenvalue weighted by Crippen LogP contribution is -2.34. The number of nitrogens with zero attached hydrogens (tertiary/aromatic N) is 4. The van der Waals surface area contributed by atoms with E-state index in [-0.39, 0.29) is 24.2 Å². The second kappa shape index (κ2) is 5.90. The standard InChI is InChI=1S/C17H16N6O2/c1-11(16-19-12-6-2-3-7-13(12)20-16)18-15(24)10-23-17(25)22-9-5-4-8-14(22)21-23/h2-9,11H,10H2,1H3,(H,18,24)(H,19,20). The fourth-order valence-corrected chi connectivity index (χ4v) is 2.74. The number of nitrogens with one attached hydrogen (secondary N) is 2. The Kier molecular flexibility index (Phi) is 3.57. The first-order chi connectivity index (χ1) is 12.1. The van der Waals surface area contributed by atoms with E-state index in [1.165, 1.54) is 4.40 Å². The predicted octanol–water partition coefficient (Wildman–Crippen LogP) is 1.25. The fraction of sp³-hybridized carbons (Fsp3) is 0.176. The molecule has 1 aromatic carbocycles. The Morgan fingerprint density at radius 1 is 1.24 bits per heavy atom. The maximum absolute atomic E-state index is 12.3. The molecule has 0 aliphatic rings. The van der Waals surface area contributed by atoms with Gasteiger partial charge in [-0.2, -0.15) is 0 Å². The van der Waals surface area contributed by atoms with E-state index in [4.69, 9.17) is 0 Å². The lowest BCUT2D eigenvalue weighted by atomic mass is 10.3. The van der Waals surface area contributed by atoms with Crippen LogP contribution in [0.5, 0.6) is 0 Å². The molecule has 4 aromatic rings. The average molecular weight is 336 g/mol. The summed E-state index contributed by atoms with van der Waals surface area (Å²) in [4.78, 5) is 32.1. The highest BCUT2D eigenvalue weighted by atomic mass is 16.2. The van der Waals surface area contributed by atoms with Crippen LogP contribution in [0.2, 0.25) is 0 Å². The van der Waals surface area contributed by atoms with Gasteiger partial charge in [0.15, 0.2) is 5.65 Å². The van der Waals surface area contributed by atoms with E-state index >= 15 is 0 Å². The molecule has 1 unspecified atom stereocenters. The zero-order valence-electron chi connectivity index (χ0n) is 13.5. The van der Waals surface area contributed by atoms with Crippen LogP contribution in [0.4, 0.5) is 0 Å². The molecule has 0 bridgehead atoms. The van der Waals surface area contributed by atoms with E-state index < -0.39 is 0 Å². The lowest BCUT2D eigenvalue weighted by Gasteiger charge is -2.10. The topological polar surface area (TPSA) is 97.1 Å². The third-order valence-electron chi connectivity index (χ3n) is 3.98. The number of pyridine rings is 1. The summed E-state index contributed by atoms with van der Waals surface area (Å²) in [6.45, 7) is 1.69. The van der Waals surface area contributed by atoms with Crippen LogP contribution in [-0.2, 0) is 11.3 Å². The van der Waals surface area contributed by atoms with Crippen molar-refractivity contribution >= 4 is 22.6 Å². The molecular formula is C17H16N6O2. The quantitative estimate of drug-likeness (QED) is 0.586. The normalized spacial score (nSPS) is 12.5. The molecule has 2 N–H and O–H groups in total. The zero-order valence-corrected chi connectivity index (χ0v) is 13.5. The fourth-order valence-electron chi connectivity index (χ4n) is 2.74. The molecule has 0 aliphatic carbocycles. The highest BCUT2D eigenvalue weighted by Crippen LogP contribution is 2.15. The van der Waals surface area contributed by atoms with Gasteiger partial charge in [0, 0.05) is 6.20 Å². The minimum Gasteiger partial charge on any atom is -0.345 e. The van der Waals surface area contributed by atoms with Crippen molar-refractivity contribution in [2.45, 2.75) is 19.5 Å². The van der Waals surface area contributed by atoms with Gasteiger partial charge in [0.2, 0.25) is 5.91 Å². The van der Waals surface area contributed by atoms with Crippen molar-refractivity contribution in [3.63, 3.8) is 0 Å². The number of hydrogen-bond donors (Lipinski definition) is 2. The molecule has 8 nitrogen and oxygen atoms in total. The monoisotopic (exact) mass is 336 g/mol. The number of imidazole rings is 1. The van der Waals surface area contributed by atoms with Gasteiger partial charge in [0.25, 0.3) is 0 Å². The van der Waals surface area contributed by atoms with Crippen LogP contribution in [-0.4, -0.2) is 30.1 Å². The number of benzene rings is 1. The molecule has 8 heteroatoms. The average Bonchev–Trinajstić information content (AvgIpc) is 3.17. The summed E-state index contributed by atoms with van der Waals surface area (Å²) in [5.41, 5.74) is 1.91. The number of carbonyl (C=O) groups excluding carboxylic acids is 1. The number of rotatable bonds is 4. The number of hydrogen-bond acceptors (Lipinski definition) is 4. The molecule has 3 heterocycles. The summed E-state index contributed by atoms with van der Waals surface area (Å²) in [7, 11) is 0. The van der Waals surface area contributed by atoms with Crippen LogP contribution in [0, 0.1) is 0 Å². The van der Waals surface area contributed by atoms with E-state index in [0.29, 0.717) is 11.5 Å². The molecule has 4 rings (SSSR count). The van der Waals surface area contributed by atoms with E-state index in [2.05, 4.69) is 20.4 Å². The van der Waals surface area contributed by atoms with Crippen molar-refractivity contribution in [1.82, 2.24) is 29.5 Å². The summed E-state index contributed by atoms with van der Waals surface area (Å²) < 4.78 is 2.55. The van der Waals surface area contributed by atoms with Gasteiger partial charge in [-0.15, -0.1) is 5.10 Å². The van der Waals surface area contributed by atoms with Crippen LogP contribution in [0.1, 0.15) is 18.8 Å². The first-order valence-corrected chi connectivity index (χ1v) is 7.90. The highest BCUT2D eigenvalue weighted by Gasteiger charge is 2.15. The van der Waals surface area contributed by atoms with Gasteiger partial charge >= 0.3 is 5.69 Å². The van der Waals surface area contributed by atoms with Crippen molar-refractivity contribution < 1.29 is 4.79 Å².